The summed E-state index contributed by atoms with van der Waals surface area (Å²) in [6, 6.07) is 14.4. The molecule has 2 aromatic rings. The predicted octanol–water partition coefficient (Wildman–Crippen LogP) is 5.19. The summed E-state index contributed by atoms with van der Waals surface area (Å²) in [6.07, 6.45) is 1.92. The van der Waals surface area contributed by atoms with Gasteiger partial charge in [0.25, 0.3) is 0 Å². The van der Waals surface area contributed by atoms with Crippen LogP contribution in [0.25, 0.3) is 0 Å². The van der Waals surface area contributed by atoms with Crippen LogP contribution in [0.15, 0.2) is 59.8 Å². The van der Waals surface area contributed by atoms with Crippen molar-refractivity contribution in [1.82, 2.24) is 0 Å². The van der Waals surface area contributed by atoms with E-state index in [1.54, 1.807) is 36.4 Å². The fourth-order valence-electron chi connectivity index (χ4n) is 5.03. The van der Waals surface area contributed by atoms with Gasteiger partial charge in [0.2, 0.25) is 5.91 Å². The molecule has 2 atom stereocenters. The lowest BCUT2D eigenvalue weighted by atomic mass is 9.64. The summed E-state index contributed by atoms with van der Waals surface area (Å²) in [5.41, 5.74) is 0.303. The minimum atomic E-state index is -0.672. The van der Waals surface area contributed by atoms with Crippen molar-refractivity contribution < 1.29 is 18.8 Å². The molecule has 6 heteroatoms. The molecule has 30 heavy (non-hydrogen) atoms. The first-order chi connectivity index (χ1) is 14.2. The topological polar surface area (TPSA) is 67.8 Å². The number of fused-ring (bicyclic) bond motifs is 2. The van der Waals surface area contributed by atoms with E-state index >= 15 is 0 Å². The fourth-order valence-corrected chi connectivity index (χ4v) is 5.03. The van der Waals surface area contributed by atoms with E-state index in [-0.39, 0.29) is 22.6 Å². The quantitative estimate of drug-likeness (QED) is 0.559. The molecule has 2 saturated carbocycles. The number of hydrogen-bond donors (Lipinski definition) is 1. The molecule has 2 aliphatic carbocycles. The average molecular weight is 408 g/mol. The molecule has 2 fully saturated rings. The van der Waals surface area contributed by atoms with Crippen molar-refractivity contribution in [3.8, 4) is 0 Å². The molecule has 0 aromatic heterocycles. The highest BCUT2D eigenvalue weighted by Crippen LogP contribution is 2.71. The summed E-state index contributed by atoms with van der Waals surface area (Å²) in [4.78, 5) is 30.9. The molecule has 0 saturated heterocycles. The number of halogens is 1. The Hall–Kier alpha value is -3.02. The lowest BCUT2D eigenvalue weighted by molar-refractivity contribution is -0.130. The van der Waals surface area contributed by atoms with Gasteiger partial charge in [0.1, 0.15) is 5.82 Å². The second-order valence-electron chi connectivity index (χ2n) is 8.96. The molecular weight excluding hydrogens is 383 g/mol. The number of oxime groups is 1. The second-order valence-corrected chi connectivity index (χ2v) is 8.96. The molecule has 0 radical (unpaired) electrons. The van der Waals surface area contributed by atoms with Gasteiger partial charge < -0.3 is 10.2 Å². The Morgan fingerprint density at radius 1 is 1.00 bits per heavy atom. The largest absolute Gasteiger partial charge is 0.365 e. The van der Waals surface area contributed by atoms with Gasteiger partial charge in [-0.25, -0.2) is 9.18 Å². The molecule has 2 bridgehead atoms. The molecule has 0 spiro atoms. The Bertz CT molecular complexity index is 1020. The number of carbonyl (C=O) groups is 2. The molecule has 2 aliphatic rings. The maximum atomic E-state index is 13.4. The summed E-state index contributed by atoms with van der Waals surface area (Å²) >= 11 is 0. The molecule has 156 valence electrons. The second kappa shape index (κ2) is 7.04. The summed E-state index contributed by atoms with van der Waals surface area (Å²) in [5, 5.41) is 7.18. The zero-order valence-corrected chi connectivity index (χ0v) is 17.4. The fraction of sp³-hybridized carbons (Fsp3) is 0.375. The lowest BCUT2D eigenvalue weighted by Gasteiger charge is -2.39. The van der Waals surface area contributed by atoms with Crippen molar-refractivity contribution in [3.05, 3.63) is 66.0 Å². The van der Waals surface area contributed by atoms with Gasteiger partial charge in [-0.2, -0.15) is 0 Å². The predicted molar refractivity (Wildman–Crippen MR) is 112 cm³/mol. The Balaban J connectivity index is 1.58. The molecule has 4 rings (SSSR count). The van der Waals surface area contributed by atoms with Crippen LogP contribution in [0.3, 0.4) is 0 Å². The number of carbonyl (C=O) groups excluding carboxylic acids is 2. The van der Waals surface area contributed by atoms with Crippen LogP contribution in [-0.2, 0) is 9.63 Å². The van der Waals surface area contributed by atoms with Crippen molar-refractivity contribution in [2.24, 2.45) is 21.4 Å². The zero-order chi connectivity index (χ0) is 21.6. The van der Waals surface area contributed by atoms with Crippen LogP contribution in [0.4, 0.5) is 10.1 Å². The highest BCUT2D eigenvalue weighted by atomic mass is 19.1. The van der Waals surface area contributed by atoms with Crippen LogP contribution < -0.4 is 5.32 Å². The van der Waals surface area contributed by atoms with Crippen LogP contribution in [0.2, 0.25) is 0 Å². The molecule has 2 aromatic carbocycles. The monoisotopic (exact) mass is 408 g/mol. The summed E-state index contributed by atoms with van der Waals surface area (Å²) in [5.74, 6) is -0.977. The maximum absolute atomic E-state index is 13.4. The first kappa shape index (κ1) is 20.3. The van der Waals surface area contributed by atoms with E-state index < -0.39 is 11.4 Å². The number of nitrogens with zero attached hydrogens (tertiary/aromatic N) is 1. The highest BCUT2D eigenvalue weighted by molar-refractivity contribution is 6.06. The molecular formula is C24H25FN2O3. The van der Waals surface area contributed by atoms with Gasteiger partial charge in [-0.1, -0.05) is 44.1 Å². The van der Waals surface area contributed by atoms with Gasteiger partial charge in [-0.3, -0.25) is 4.79 Å². The molecule has 1 N–H and O–H groups in total. The third-order valence-corrected chi connectivity index (χ3v) is 7.52. The SMILES string of the molecule is CC12CCC(C(=O)Nc3ccc(F)cc3)(CC1=NOC(=O)c1ccccc1)C2(C)C. The molecule has 1 amide bonds. The highest BCUT2D eigenvalue weighted by Gasteiger charge is 2.71. The van der Waals surface area contributed by atoms with E-state index in [2.05, 4.69) is 31.2 Å². The van der Waals surface area contributed by atoms with Crippen LogP contribution in [0, 0.1) is 22.1 Å². The minimum Gasteiger partial charge on any atom is -0.326 e. The van der Waals surface area contributed by atoms with Gasteiger partial charge in [0.05, 0.1) is 16.7 Å². The lowest BCUT2D eigenvalue weighted by Crippen LogP contribution is -2.43. The first-order valence-corrected chi connectivity index (χ1v) is 10.1. The van der Waals surface area contributed by atoms with Gasteiger partial charge in [-0.15, -0.1) is 0 Å². The van der Waals surface area contributed by atoms with Crippen LogP contribution in [0.5, 0.6) is 0 Å². The zero-order valence-electron chi connectivity index (χ0n) is 17.4. The van der Waals surface area contributed by atoms with Gasteiger partial charge in [0, 0.05) is 17.5 Å². The number of benzene rings is 2. The van der Waals surface area contributed by atoms with Crippen molar-refractivity contribution in [2.75, 3.05) is 5.32 Å². The van der Waals surface area contributed by atoms with Crippen LogP contribution >= 0.6 is 0 Å². The van der Waals surface area contributed by atoms with Crippen molar-refractivity contribution >= 4 is 23.3 Å². The van der Waals surface area contributed by atoms with Crippen LogP contribution in [0.1, 0.15) is 50.4 Å². The summed E-state index contributed by atoms with van der Waals surface area (Å²) in [7, 11) is 0. The van der Waals surface area contributed by atoms with Gasteiger partial charge in [0.15, 0.2) is 0 Å². The normalized spacial score (nSPS) is 27.8. The minimum absolute atomic E-state index is 0.109. The number of rotatable bonds is 4. The third kappa shape index (κ3) is 2.93. The van der Waals surface area contributed by atoms with E-state index in [1.807, 2.05) is 6.07 Å². The van der Waals surface area contributed by atoms with E-state index in [0.29, 0.717) is 17.7 Å². The first-order valence-electron chi connectivity index (χ1n) is 10.1. The molecule has 2 unspecified atom stereocenters. The standard InChI is InChI=1S/C24H25FN2O3/c1-22(2)23(3)13-14-24(22,21(29)26-18-11-9-17(25)10-12-18)15-19(23)27-30-20(28)16-7-5-4-6-8-16/h4-12H,13-15H2,1-3H3,(H,26,29). The Labute approximate surface area is 175 Å². The number of amides is 1. The van der Waals surface area contributed by atoms with Crippen molar-refractivity contribution in [3.63, 3.8) is 0 Å². The summed E-state index contributed by atoms with van der Waals surface area (Å²) in [6.45, 7) is 6.24. The van der Waals surface area contributed by atoms with Crippen molar-refractivity contribution in [2.45, 2.75) is 40.0 Å². The average Bonchev–Trinajstić information content (AvgIpc) is 3.05. The molecule has 5 nitrogen and oxygen atoms in total. The van der Waals surface area contributed by atoms with E-state index in [4.69, 9.17) is 4.84 Å². The Kier molecular flexibility index (Phi) is 4.76. The number of hydrogen-bond acceptors (Lipinski definition) is 4. The smallest absolute Gasteiger partial charge is 0.326 e. The number of anilines is 1. The van der Waals surface area contributed by atoms with Crippen LogP contribution in [-0.4, -0.2) is 17.6 Å². The Morgan fingerprint density at radius 2 is 1.67 bits per heavy atom. The summed E-state index contributed by atoms with van der Waals surface area (Å²) < 4.78 is 13.2. The van der Waals surface area contributed by atoms with Gasteiger partial charge in [-0.05, 0) is 54.7 Å². The van der Waals surface area contributed by atoms with E-state index in [9.17, 15) is 14.0 Å². The molecule has 0 heterocycles. The maximum Gasteiger partial charge on any atom is 0.365 e. The third-order valence-electron chi connectivity index (χ3n) is 7.52. The van der Waals surface area contributed by atoms with Gasteiger partial charge >= 0.3 is 5.97 Å². The Morgan fingerprint density at radius 3 is 2.33 bits per heavy atom. The van der Waals surface area contributed by atoms with Crippen molar-refractivity contribution in [1.29, 1.82) is 0 Å². The van der Waals surface area contributed by atoms with E-state index in [0.717, 1.165) is 18.6 Å². The van der Waals surface area contributed by atoms with E-state index in [1.165, 1.54) is 12.1 Å². The molecule has 0 aliphatic heterocycles. The number of nitrogens with one attached hydrogen (secondary N) is 1.